The van der Waals surface area contributed by atoms with Gasteiger partial charge in [0.1, 0.15) is 0 Å². The number of hydrogen-bond acceptors (Lipinski definition) is 6. The van der Waals surface area contributed by atoms with Gasteiger partial charge in [0.05, 0.1) is 29.7 Å². The minimum absolute atomic E-state index is 0.00186. The second-order valence-electron chi connectivity index (χ2n) is 6.84. The van der Waals surface area contributed by atoms with Gasteiger partial charge in [-0.2, -0.15) is 0 Å². The number of carboxylic acid groups (broad SMARTS) is 1. The van der Waals surface area contributed by atoms with Gasteiger partial charge in [-0.1, -0.05) is 0 Å². The second kappa shape index (κ2) is 8.24. The molecule has 2 aromatic heterocycles. The van der Waals surface area contributed by atoms with Gasteiger partial charge >= 0.3 is 5.97 Å². The van der Waals surface area contributed by atoms with Crippen LogP contribution in [0.4, 0.5) is 5.69 Å². The Labute approximate surface area is 158 Å². The van der Waals surface area contributed by atoms with E-state index in [0.29, 0.717) is 25.3 Å². The summed E-state index contributed by atoms with van der Waals surface area (Å²) < 4.78 is 0. The normalized spacial score (nSPS) is 14.9. The van der Waals surface area contributed by atoms with Gasteiger partial charge in [-0.15, -0.1) is 0 Å². The lowest BCUT2D eigenvalue weighted by molar-refractivity contribution is -0.119. The highest BCUT2D eigenvalue weighted by atomic mass is 16.4. The Kier molecular flexibility index (Phi) is 5.78. The van der Waals surface area contributed by atoms with Crippen molar-refractivity contribution in [1.29, 1.82) is 0 Å². The summed E-state index contributed by atoms with van der Waals surface area (Å²) in [5.74, 6) is -0.991. The van der Waals surface area contributed by atoms with Crippen molar-refractivity contribution >= 4 is 17.6 Å². The number of aromatic carboxylic acids is 1. The molecule has 1 aliphatic rings. The third-order valence-electron chi connectivity index (χ3n) is 4.45. The van der Waals surface area contributed by atoms with Crippen molar-refractivity contribution in [1.82, 2.24) is 19.8 Å². The van der Waals surface area contributed by atoms with Gasteiger partial charge in [-0.05, 0) is 37.9 Å². The number of hydrogen-bond donors (Lipinski definition) is 1. The Balaban J connectivity index is 1.83. The van der Waals surface area contributed by atoms with Crippen LogP contribution in [0.25, 0.3) is 0 Å². The number of nitrogens with zero attached hydrogens (tertiary/aromatic N) is 5. The number of carbonyl (C=O) groups excluding carboxylic acids is 1. The number of likely N-dealkylation sites (N-methyl/N-ethyl adjacent to an activating group) is 1. The molecular formula is C19H23N5O3. The minimum Gasteiger partial charge on any atom is -0.478 e. The van der Waals surface area contributed by atoms with Crippen LogP contribution in [0.15, 0.2) is 36.8 Å². The molecule has 3 heterocycles. The number of aromatic nitrogens is 2. The summed E-state index contributed by atoms with van der Waals surface area (Å²) in [7, 11) is 3.94. The molecule has 27 heavy (non-hydrogen) atoms. The van der Waals surface area contributed by atoms with E-state index >= 15 is 0 Å². The molecule has 0 aliphatic carbocycles. The molecule has 1 aliphatic heterocycles. The zero-order chi connectivity index (χ0) is 19.4. The number of fused-ring (bicyclic) bond motifs is 1. The topological polar surface area (TPSA) is 89.9 Å². The highest BCUT2D eigenvalue weighted by molar-refractivity contribution is 5.96. The zero-order valence-electron chi connectivity index (χ0n) is 15.5. The first-order chi connectivity index (χ1) is 12.9. The smallest absolute Gasteiger partial charge is 0.335 e. The van der Waals surface area contributed by atoms with E-state index in [1.807, 2.05) is 30.0 Å². The van der Waals surface area contributed by atoms with Crippen molar-refractivity contribution in [3.63, 3.8) is 0 Å². The van der Waals surface area contributed by atoms with E-state index in [1.54, 1.807) is 23.4 Å². The summed E-state index contributed by atoms with van der Waals surface area (Å²) in [4.78, 5) is 38.3. The van der Waals surface area contributed by atoms with Crippen LogP contribution in [-0.4, -0.2) is 70.5 Å². The lowest BCUT2D eigenvalue weighted by Crippen LogP contribution is -2.40. The van der Waals surface area contributed by atoms with Crippen molar-refractivity contribution < 1.29 is 14.7 Å². The van der Waals surface area contributed by atoms with Crippen molar-refractivity contribution in [2.45, 2.75) is 13.1 Å². The van der Waals surface area contributed by atoms with Crippen molar-refractivity contribution in [3.05, 3.63) is 53.6 Å². The predicted molar refractivity (Wildman–Crippen MR) is 100 cm³/mol. The van der Waals surface area contributed by atoms with Gasteiger partial charge in [0.15, 0.2) is 0 Å². The average molecular weight is 369 g/mol. The van der Waals surface area contributed by atoms with Crippen LogP contribution in [0, 0.1) is 0 Å². The molecule has 0 spiro atoms. The van der Waals surface area contributed by atoms with Gasteiger partial charge in [-0.25, -0.2) is 4.79 Å². The van der Waals surface area contributed by atoms with E-state index < -0.39 is 5.97 Å². The first-order valence-corrected chi connectivity index (χ1v) is 8.72. The molecule has 8 heteroatoms. The molecule has 0 aromatic carbocycles. The Morgan fingerprint density at radius 2 is 2.07 bits per heavy atom. The summed E-state index contributed by atoms with van der Waals surface area (Å²) in [5.41, 5.74) is 2.67. The lowest BCUT2D eigenvalue weighted by Gasteiger charge is -2.24. The van der Waals surface area contributed by atoms with E-state index in [4.69, 9.17) is 5.11 Å². The number of carboxylic acids is 1. The first-order valence-electron chi connectivity index (χ1n) is 8.72. The Hall–Kier alpha value is -2.84. The van der Waals surface area contributed by atoms with E-state index in [1.165, 1.54) is 12.3 Å². The third kappa shape index (κ3) is 4.66. The van der Waals surface area contributed by atoms with E-state index in [9.17, 15) is 9.59 Å². The fraction of sp³-hybridized carbons (Fsp3) is 0.368. The van der Waals surface area contributed by atoms with Gasteiger partial charge < -0.3 is 14.9 Å². The summed E-state index contributed by atoms with van der Waals surface area (Å²) in [5, 5.41) is 9.16. The molecule has 1 amide bonds. The van der Waals surface area contributed by atoms with Crippen LogP contribution in [0.3, 0.4) is 0 Å². The zero-order valence-corrected chi connectivity index (χ0v) is 15.5. The maximum absolute atomic E-state index is 12.9. The van der Waals surface area contributed by atoms with Gasteiger partial charge in [-0.3, -0.25) is 19.7 Å². The molecule has 1 N–H and O–H groups in total. The van der Waals surface area contributed by atoms with Crippen LogP contribution in [0.5, 0.6) is 0 Å². The molecule has 0 unspecified atom stereocenters. The molecule has 0 saturated carbocycles. The van der Waals surface area contributed by atoms with Gasteiger partial charge in [0, 0.05) is 38.6 Å². The number of rotatable bonds is 6. The third-order valence-corrected chi connectivity index (χ3v) is 4.45. The summed E-state index contributed by atoms with van der Waals surface area (Å²) in [6, 6.07) is 4.93. The fourth-order valence-electron chi connectivity index (χ4n) is 3.08. The molecule has 142 valence electrons. The summed E-state index contributed by atoms with van der Waals surface area (Å²) in [6.07, 6.45) is 4.94. The van der Waals surface area contributed by atoms with Crippen LogP contribution < -0.4 is 4.90 Å². The molecule has 3 rings (SSSR count). The molecule has 0 fully saturated rings. The molecule has 8 nitrogen and oxygen atoms in total. The van der Waals surface area contributed by atoms with E-state index in [-0.39, 0.29) is 18.0 Å². The summed E-state index contributed by atoms with van der Waals surface area (Å²) in [6.45, 7) is 2.55. The number of carbonyl (C=O) groups is 2. The molecular weight excluding hydrogens is 346 g/mol. The van der Waals surface area contributed by atoms with Crippen LogP contribution in [-0.2, 0) is 17.9 Å². The summed E-state index contributed by atoms with van der Waals surface area (Å²) >= 11 is 0. The Morgan fingerprint density at radius 1 is 1.26 bits per heavy atom. The monoisotopic (exact) mass is 369 g/mol. The second-order valence-corrected chi connectivity index (χ2v) is 6.84. The molecule has 0 bridgehead atoms. The first kappa shape index (κ1) is 18.9. The quantitative estimate of drug-likeness (QED) is 0.815. The van der Waals surface area contributed by atoms with E-state index in [0.717, 1.165) is 17.8 Å². The maximum Gasteiger partial charge on any atom is 0.335 e. The van der Waals surface area contributed by atoms with Gasteiger partial charge in [0.2, 0.25) is 5.91 Å². The lowest BCUT2D eigenvalue weighted by atomic mass is 10.2. The fourth-order valence-corrected chi connectivity index (χ4v) is 3.08. The number of amides is 1. The highest BCUT2D eigenvalue weighted by Crippen LogP contribution is 2.25. The average Bonchev–Trinajstić information content (AvgIpc) is 2.75. The standard InChI is InChI=1S/C19H23N5O3/c1-22(2)7-8-24-17-10-20-5-3-15(17)11-23(13-18(24)25)12-16-9-14(19(26)27)4-6-21-16/h3-6,9-10H,7-8,11-13H2,1-2H3,(H,26,27). The SMILES string of the molecule is CN(C)CCN1C(=O)CN(Cc2cc(C(=O)O)ccn2)Cc2ccncc21. The predicted octanol–water partition coefficient (Wildman–Crippen LogP) is 1.09. The van der Waals surface area contributed by atoms with Crippen molar-refractivity contribution in [2.75, 3.05) is 38.6 Å². The maximum atomic E-state index is 12.9. The molecule has 0 radical (unpaired) electrons. The number of anilines is 1. The highest BCUT2D eigenvalue weighted by Gasteiger charge is 2.26. The van der Waals surface area contributed by atoms with Crippen molar-refractivity contribution in [3.8, 4) is 0 Å². The van der Waals surface area contributed by atoms with Crippen LogP contribution >= 0.6 is 0 Å². The van der Waals surface area contributed by atoms with Crippen LogP contribution in [0.1, 0.15) is 21.6 Å². The Morgan fingerprint density at radius 3 is 2.81 bits per heavy atom. The minimum atomic E-state index is -0.989. The van der Waals surface area contributed by atoms with Crippen molar-refractivity contribution in [2.24, 2.45) is 0 Å². The Bertz CT molecular complexity index is 840. The largest absolute Gasteiger partial charge is 0.478 e. The molecule has 2 aromatic rings. The molecule has 0 saturated heterocycles. The number of pyridine rings is 2. The molecule has 0 atom stereocenters. The van der Waals surface area contributed by atoms with Crippen LogP contribution in [0.2, 0.25) is 0 Å². The van der Waals surface area contributed by atoms with Gasteiger partial charge in [0.25, 0.3) is 0 Å². The van der Waals surface area contributed by atoms with E-state index in [2.05, 4.69) is 9.97 Å².